The van der Waals surface area contributed by atoms with E-state index in [4.69, 9.17) is 4.42 Å². The summed E-state index contributed by atoms with van der Waals surface area (Å²) >= 11 is 0. The Kier molecular flexibility index (Phi) is 3.12. The second kappa shape index (κ2) is 5.00. The highest BCUT2D eigenvalue weighted by Crippen LogP contribution is 2.38. The van der Waals surface area contributed by atoms with E-state index in [0.29, 0.717) is 6.01 Å². The minimum Gasteiger partial charge on any atom is -0.423 e. The van der Waals surface area contributed by atoms with Crippen molar-refractivity contribution in [3.63, 3.8) is 0 Å². The minimum atomic E-state index is -0.231. The van der Waals surface area contributed by atoms with Gasteiger partial charge in [-0.25, -0.2) is 0 Å². The Labute approximate surface area is 124 Å². The van der Waals surface area contributed by atoms with Crippen LogP contribution in [0.4, 0.5) is 6.01 Å². The molecule has 21 heavy (non-hydrogen) atoms. The molecule has 4 rings (SSSR count). The average Bonchev–Trinajstić information content (AvgIpc) is 2.95. The van der Waals surface area contributed by atoms with Crippen molar-refractivity contribution in [2.24, 2.45) is 5.41 Å². The van der Waals surface area contributed by atoms with E-state index in [9.17, 15) is 5.11 Å². The number of hydrogen-bond acceptors (Lipinski definition) is 5. The zero-order chi connectivity index (χ0) is 14.3. The summed E-state index contributed by atoms with van der Waals surface area (Å²) in [7, 11) is 0. The summed E-state index contributed by atoms with van der Waals surface area (Å²) in [5.41, 5.74) is 1.67. The van der Waals surface area contributed by atoms with Gasteiger partial charge in [0, 0.05) is 25.0 Å². The maximum atomic E-state index is 10.5. The number of aliphatic hydroxyl groups is 1. The topological polar surface area (TPSA) is 61.5 Å². The maximum Gasteiger partial charge on any atom is 0.298 e. The normalized spacial score (nSPS) is 30.1. The maximum absolute atomic E-state index is 10.5. The van der Waals surface area contributed by atoms with Crippen LogP contribution in [0.2, 0.25) is 0 Å². The third-order valence-electron chi connectivity index (χ3n) is 4.94. The van der Waals surface area contributed by atoms with Gasteiger partial charge in [0.1, 0.15) is 5.52 Å². The van der Waals surface area contributed by atoms with Crippen LogP contribution < -0.4 is 10.2 Å². The molecule has 2 aliphatic heterocycles. The molecule has 0 bridgehead atoms. The summed E-state index contributed by atoms with van der Waals surface area (Å²) in [4.78, 5) is 6.79. The summed E-state index contributed by atoms with van der Waals surface area (Å²) in [6.45, 7) is 3.55. The van der Waals surface area contributed by atoms with Gasteiger partial charge in [0.05, 0.1) is 6.10 Å². The van der Waals surface area contributed by atoms with E-state index in [1.54, 1.807) is 0 Å². The van der Waals surface area contributed by atoms with Crippen LogP contribution in [0.3, 0.4) is 0 Å². The molecule has 0 radical (unpaired) electrons. The van der Waals surface area contributed by atoms with Crippen molar-refractivity contribution in [2.45, 2.75) is 25.4 Å². The molecule has 2 atom stereocenters. The van der Waals surface area contributed by atoms with E-state index in [1.807, 2.05) is 24.3 Å². The van der Waals surface area contributed by atoms with Crippen molar-refractivity contribution in [3.05, 3.63) is 24.3 Å². The second-order valence-electron chi connectivity index (χ2n) is 6.33. The standard InChI is InChI=1S/C16H21N3O2/c20-14-6-8-17-10-16(14)7-3-9-19(11-16)15-18-12-4-1-2-5-13(12)21-15/h1-2,4-5,14,17,20H,3,6-11H2/t14-,16-/m0/s1. The van der Waals surface area contributed by atoms with E-state index >= 15 is 0 Å². The third-order valence-corrected chi connectivity index (χ3v) is 4.94. The van der Waals surface area contributed by atoms with Gasteiger partial charge in [0.2, 0.25) is 0 Å². The Morgan fingerprint density at radius 2 is 2.29 bits per heavy atom. The molecule has 5 nitrogen and oxygen atoms in total. The van der Waals surface area contributed by atoms with Gasteiger partial charge in [-0.1, -0.05) is 12.1 Å². The lowest BCUT2D eigenvalue weighted by Crippen LogP contribution is -2.58. The molecule has 0 amide bonds. The van der Waals surface area contributed by atoms with Gasteiger partial charge in [0.25, 0.3) is 6.01 Å². The smallest absolute Gasteiger partial charge is 0.298 e. The Bertz CT molecular complexity index is 604. The number of fused-ring (bicyclic) bond motifs is 1. The van der Waals surface area contributed by atoms with Gasteiger partial charge in [0.15, 0.2) is 5.58 Å². The summed E-state index contributed by atoms with van der Waals surface area (Å²) in [6.07, 6.45) is 2.74. The Morgan fingerprint density at radius 1 is 1.38 bits per heavy atom. The molecule has 0 aliphatic carbocycles. The first-order valence-corrected chi connectivity index (χ1v) is 7.76. The van der Waals surface area contributed by atoms with Gasteiger partial charge in [-0.05, 0) is 37.9 Å². The lowest BCUT2D eigenvalue weighted by Gasteiger charge is -2.47. The van der Waals surface area contributed by atoms with Crippen LogP contribution in [0.1, 0.15) is 19.3 Å². The quantitative estimate of drug-likeness (QED) is 0.837. The summed E-state index contributed by atoms with van der Waals surface area (Å²) in [5, 5.41) is 13.9. The van der Waals surface area contributed by atoms with Gasteiger partial charge in [-0.2, -0.15) is 4.98 Å². The minimum absolute atomic E-state index is 0.0584. The molecule has 0 unspecified atom stereocenters. The predicted octanol–water partition coefficient (Wildman–Crippen LogP) is 1.77. The molecular weight excluding hydrogens is 266 g/mol. The predicted molar refractivity (Wildman–Crippen MR) is 81.4 cm³/mol. The lowest BCUT2D eigenvalue weighted by molar-refractivity contribution is -0.0108. The number of nitrogens with zero attached hydrogens (tertiary/aromatic N) is 2. The van der Waals surface area contributed by atoms with Crippen LogP contribution in [0.15, 0.2) is 28.7 Å². The molecule has 2 aromatic rings. The fourth-order valence-electron chi connectivity index (χ4n) is 3.74. The first-order chi connectivity index (χ1) is 10.3. The lowest BCUT2D eigenvalue weighted by atomic mass is 9.72. The number of piperidine rings is 2. The fraction of sp³-hybridized carbons (Fsp3) is 0.562. The number of anilines is 1. The fourth-order valence-corrected chi connectivity index (χ4v) is 3.74. The zero-order valence-electron chi connectivity index (χ0n) is 12.1. The number of aromatic nitrogens is 1. The number of nitrogens with one attached hydrogen (secondary N) is 1. The molecule has 2 saturated heterocycles. The molecule has 112 valence electrons. The van der Waals surface area contributed by atoms with Crippen LogP contribution >= 0.6 is 0 Å². The average molecular weight is 287 g/mol. The molecular formula is C16H21N3O2. The Balaban J connectivity index is 1.62. The van der Waals surface area contributed by atoms with Crippen LogP contribution in [0, 0.1) is 5.41 Å². The van der Waals surface area contributed by atoms with Gasteiger partial charge in [-0.3, -0.25) is 0 Å². The van der Waals surface area contributed by atoms with Gasteiger partial charge in [-0.15, -0.1) is 0 Å². The van der Waals surface area contributed by atoms with Crippen molar-refractivity contribution in [1.82, 2.24) is 10.3 Å². The van der Waals surface area contributed by atoms with Crippen molar-refractivity contribution >= 4 is 17.1 Å². The zero-order valence-corrected chi connectivity index (χ0v) is 12.1. The number of hydrogen-bond donors (Lipinski definition) is 2. The first kappa shape index (κ1) is 13.1. The molecule has 2 fully saturated rings. The van der Waals surface area contributed by atoms with Gasteiger partial charge < -0.3 is 19.7 Å². The number of rotatable bonds is 1. The largest absolute Gasteiger partial charge is 0.423 e. The molecule has 0 saturated carbocycles. The molecule has 3 heterocycles. The monoisotopic (exact) mass is 287 g/mol. The van der Waals surface area contributed by atoms with Gasteiger partial charge >= 0.3 is 0 Å². The highest BCUT2D eigenvalue weighted by Gasteiger charge is 2.44. The van der Waals surface area contributed by atoms with Crippen LogP contribution in [0.5, 0.6) is 0 Å². The van der Waals surface area contributed by atoms with Crippen molar-refractivity contribution in [1.29, 1.82) is 0 Å². The van der Waals surface area contributed by atoms with Crippen LogP contribution in [-0.4, -0.2) is 42.4 Å². The summed E-state index contributed by atoms with van der Waals surface area (Å²) in [5.74, 6) is 0. The molecule has 2 aliphatic rings. The molecule has 1 aromatic carbocycles. The molecule has 5 heteroatoms. The Hall–Kier alpha value is -1.59. The number of benzene rings is 1. The number of para-hydroxylation sites is 2. The summed E-state index contributed by atoms with van der Waals surface area (Å²) in [6, 6.07) is 8.54. The van der Waals surface area contributed by atoms with E-state index in [-0.39, 0.29) is 11.5 Å². The highest BCUT2D eigenvalue weighted by molar-refractivity contribution is 5.74. The highest BCUT2D eigenvalue weighted by atomic mass is 16.4. The number of oxazole rings is 1. The molecule has 2 N–H and O–H groups in total. The number of aliphatic hydroxyl groups excluding tert-OH is 1. The SMILES string of the molecule is O[C@H]1CCNC[C@]12CCCN(c1nc3ccccc3o1)C2. The van der Waals surface area contributed by atoms with E-state index in [2.05, 4.69) is 15.2 Å². The van der Waals surface area contributed by atoms with Crippen molar-refractivity contribution in [2.75, 3.05) is 31.1 Å². The second-order valence-corrected chi connectivity index (χ2v) is 6.33. The Morgan fingerprint density at radius 3 is 3.14 bits per heavy atom. The van der Waals surface area contributed by atoms with Crippen LogP contribution in [0.25, 0.3) is 11.1 Å². The van der Waals surface area contributed by atoms with Crippen molar-refractivity contribution < 1.29 is 9.52 Å². The third kappa shape index (κ3) is 2.21. The van der Waals surface area contributed by atoms with Crippen LogP contribution in [-0.2, 0) is 0 Å². The molecule has 1 spiro atoms. The van der Waals surface area contributed by atoms with Crippen molar-refractivity contribution in [3.8, 4) is 0 Å². The molecule has 1 aromatic heterocycles. The van der Waals surface area contributed by atoms with E-state index in [1.165, 1.54) is 0 Å². The first-order valence-electron chi connectivity index (χ1n) is 7.76. The van der Waals surface area contributed by atoms with E-state index < -0.39 is 0 Å². The van der Waals surface area contributed by atoms with E-state index in [0.717, 1.165) is 56.5 Å². The summed E-state index contributed by atoms with van der Waals surface area (Å²) < 4.78 is 5.89.